The fourth-order valence-electron chi connectivity index (χ4n) is 1.76. The number of carbonyl (C=O) groups is 1. The number of nitrogen functional groups attached to an aromatic ring is 1. The van der Waals surface area contributed by atoms with Gasteiger partial charge in [-0.15, -0.1) is 0 Å². The van der Waals surface area contributed by atoms with Gasteiger partial charge in [0.2, 0.25) is 0 Å². The fourth-order valence-corrected chi connectivity index (χ4v) is 2.86. The summed E-state index contributed by atoms with van der Waals surface area (Å²) in [5, 5.41) is 3.29. The van der Waals surface area contributed by atoms with E-state index in [4.69, 9.17) is 11.5 Å². The third kappa shape index (κ3) is 3.03. The van der Waals surface area contributed by atoms with E-state index in [1.807, 2.05) is 11.8 Å². The van der Waals surface area contributed by atoms with E-state index in [-0.39, 0.29) is 5.69 Å². The van der Waals surface area contributed by atoms with Crippen molar-refractivity contribution < 1.29 is 4.79 Å². The summed E-state index contributed by atoms with van der Waals surface area (Å²) in [6.07, 6.45) is 2.18. The summed E-state index contributed by atoms with van der Waals surface area (Å²) >= 11 is 1.96. The Bertz CT molecular complexity index is 418. The van der Waals surface area contributed by atoms with Crippen molar-refractivity contribution in [1.29, 1.82) is 0 Å². The fraction of sp³-hybridized carbons (Fsp3) is 0.455. The van der Waals surface area contributed by atoms with Gasteiger partial charge in [0.1, 0.15) is 11.5 Å². The zero-order chi connectivity index (χ0) is 12.3. The summed E-state index contributed by atoms with van der Waals surface area (Å²) in [4.78, 5) is 15.2. The van der Waals surface area contributed by atoms with E-state index < -0.39 is 5.91 Å². The smallest absolute Gasteiger partial charge is 0.267 e. The second kappa shape index (κ2) is 5.27. The van der Waals surface area contributed by atoms with Gasteiger partial charge in [-0.05, 0) is 36.5 Å². The second-order valence-electron chi connectivity index (χ2n) is 4.03. The Hall–Kier alpha value is -1.43. The first-order chi connectivity index (χ1) is 8.16. The Morgan fingerprint density at radius 3 is 2.76 bits per heavy atom. The summed E-state index contributed by atoms with van der Waals surface area (Å²) in [6, 6.07) is 3.58. The topological polar surface area (TPSA) is 94.0 Å². The van der Waals surface area contributed by atoms with Gasteiger partial charge in [-0.25, -0.2) is 4.98 Å². The van der Waals surface area contributed by atoms with Crippen LogP contribution in [0.5, 0.6) is 0 Å². The van der Waals surface area contributed by atoms with E-state index in [0.717, 1.165) is 24.3 Å². The average molecular weight is 252 g/mol. The lowest BCUT2D eigenvalue weighted by molar-refractivity contribution is 0.0995. The Labute approximate surface area is 104 Å². The second-order valence-corrected chi connectivity index (χ2v) is 5.25. The maximum absolute atomic E-state index is 11.0. The number of nitrogens with two attached hydrogens (primary N) is 2. The minimum atomic E-state index is -0.535. The molecule has 5 nitrogen and oxygen atoms in total. The van der Waals surface area contributed by atoms with Crippen molar-refractivity contribution in [3.05, 3.63) is 17.8 Å². The summed E-state index contributed by atoms with van der Waals surface area (Å²) in [5.41, 5.74) is 11.8. The first-order valence-corrected chi connectivity index (χ1v) is 6.73. The predicted molar refractivity (Wildman–Crippen MR) is 71.1 cm³/mol. The molecule has 1 aromatic rings. The first kappa shape index (κ1) is 12.0. The van der Waals surface area contributed by atoms with Gasteiger partial charge in [0.15, 0.2) is 0 Å². The first-order valence-electron chi connectivity index (χ1n) is 5.57. The van der Waals surface area contributed by atoms with Gasteiger partial charge in [-0.3, -0.25) is 4.79 Å². The number of rotatable bonds is 3. The Morgan fingerprint density at radius 1 is 1.41 bits per heavy atom. The summed E-state index contributed by atoms with van der Waals surface area (Å²) < 4.78 is 0. The number of nitrogens with one attached hydrogen (secondary N) is 1. The van der Waals surface area contributed by atoms with Crippen LogP contribution in [0.3, 0.4) is 0 Å². The Kier molecular flexibility index (Phi) is 3.73. The van der Waals surface area contributed by atoms with Gasteiger partial charge < -0.3 is 16.8 Å². The van der Waals surface area contributed by atoms with Crippen LogP contribution in [0.4, 0.5) is 11.5 Å². The molecule has 0 atom stereocenters. The summed E-state index contributed by atoms with van der Waals surface area (Å²) in [6.45, 7) is 0. The predicted octanol–water partition coefficient (Wildman–Crippen LogP) is 1.07. The minimum Gasteiger partial charge on any atom is -0.396 e. The van der Waals surface area contributed by atoms with Crippen LogP contribution >= 0.6 is 11.8 Å². The molecule has 0 unspecified atom stereocenters. The van der Waals surface area contributed by atoms with Gasteiger partial charge in [0.05, 0.1) is 5.69 Å². The van der Waals surface area contributed by atoms with Crippen LogP contribution in [-0.4, -0.2) is 28.4 Å². The van der Waals surface area contributed by atoms with Crippen LogP contribution in [0.1, 0.15) is 23.3 Å². The standard InChI is InChI=1S/C11H16N4OS/c12-8-1-2-9(10(13)16)15-11(8)14-7-3-5-17-6-4-7/h1-2,7H,3-6,12H2,(H2,13,16)(H,14,15). The highest BCUT2D eigenvalue weighted by Gasteiger charge is 2.15. The van der Waals surface area contributed by atoms with Crippen LogP contribution in [0.2, 0.25) is 0 Å². The maximum atomic E-state index is 11.0. The largest absolute Gasteiger partial charge is 0.396 e. The number of thioether (sulfide) groups is 1. The summed E-state index contributed by atoms with van der Waals surface area (Å²) in [5.74, 6) is 2.32. The number of primary amides is 1. The van der Waals surface area contributed by atoms with E-state index in [0.29, 0.717) is 17.5 Å². The van der Waals surface area contributed by atoms with Crippen molar-refractivity contribution in [1.82, 2.24) is 4.98 Å². The van der Waals surface area contributed by atoms with Crippen molar-refractivity contribution in [3.63, 3.8) is 0 Å². The van der Waals surface area contributed by atoms with Crippen molar-refractivity contribution in [3.8, 4) is 0 Å². The number of hydrogen-bond acceptors (Lipinski definition) is 5. The zero-order valence-electron chi connectivity index (χ0n) is 9.48. The molecule has 92 valence electrons. The molecule has 0 bridgehead atoms. The van der Waals surface area contributed by atoms with Crippen LogP contribution in [0.15, 0.2) is 12.1 Å². The molecule has 0 saturated carbocycles. The lowest BCUT2D eigenvalue weighted by Gasteiger charge is -2.23. The molecule has 0 aromatic carbocycles. The van der Waals surface area contributed by atoms with Crippen LogP contribution < -0.4 is 16.8 Å². The molecule has 0 aliphatic carbocycles. The molecular formula is C11H16N4OS. The Balaban J connectivity index is 2.13. The Morgan fingerprint density at radius 2 is 2.12 bits per heavy atom. The molecule has 0 spiro atoms. The number of anilines is 2. The maximum Gasteiger partial charge on any atom is 0.267 e. The van der Waals surface area contributed by atoms with Crippen molar-refractivity contribution in [2.75, 3.05) is 22.6 Å². The number of hydrogen-bond donors (Lipinski definition) is 3. The molecule has 6 heteroatoms. The number of aromatic nitrogens is 1. The van der Waals surface area contributed by atoms with E-state index in [1.165, 1.54) is 0 Å². The molecule has 1 aliphatic heterocycles. The molecule has 17 heavy (non-hydrogen) atoms. The van der Waals surface area contributed by atoms with E-state index in [1.54, 1.807) is 12.1 Å². The third-order valence-electron chi connectivity index (χ3n) is 2.74. The number of nitrogens with zero attached hydrogens (tertiary/aromatic N) is 1. The highest BCUT2D eigenvalue weighted by molar-refractivity contribution is 7.99. The zero-order valence-corrected chi connectivity index (χ0v) is 10.3. The molecule has 5 N–H and O–H groups in total. The monoisotopic (exact) mass is 252 g/mol. The van der Waals surface area contributed by atoms with Crippen molar-refractivity contribution in [2.45, 2.75) is 18.9 Å². The average Bonchev–Trinajstić information content (AvgIpc) is 2.33. The number of carbonyl (C=O) groups excluding carboxylic acids is 1. The van der Waals surface area contributed by atoms with Gasteiger partial charge in [-0.2, -0.15) is 11.8 Å². The minimum absolute atomic E-state index is 0.242. The molecule has 2 heterocycles. The van der Waals surface area contributed by atoms with E-state index in [9.17, 15) is 4.79 Å². The molecule has 1 saturated heterocycles. The highest BCUT2D eigenvalue weighted by atomic mass is 32.2. The van der Waals surface area contributed by atoms with Crippen molar-refractivity contribution in [2.24, 2.45) is 5.73 Å². The lowest BCUT2D eigenvalue weighted by atomic mass is 10.1. The van der Waals surface area contributed by atoms with Crippen molar-refractivity contribution >= 4 is 29.2 Å². The third-order valence-corrected chi connectivity index (χ3v) is 3.79. The molecular weight excluding hydrogens is 236 g/mol. The van der Waals surface area contributed by atoms with Gasteiger partial charge in [-0.1, -0.05) is 0 Å². The lowest BCUT2D eigenvalue weighted by Crippen LogP contribution is -2.26. The molecule has 1 fully saturated rings. The van der Waals surface area contributed by atoms with Gasteiger partial charge >= 0.3 is 0 Å². The van der Waals surface area contributed by atoms with Gasteiger partial charge in [0.25, 0.3) is 5.91 Å². The number of amides is 1. The quantitative estimate of drug-likeness (QED) is 0.748. The number of pyridine rings is 1. The van der Waals surface area contributed by atoms with E-state index >= 15 is 0 Å². The summed E-state index contributed by atoms with van der Waals surface area (Å²) in [7, 11) is 0. The molecule has 2 rings (SSSR count). The van der Waals surface area contributed by atoms with Crippen LogP contribution in [0, 0.1) is 0 Å². The SMILES string of the molecule is NC(=O)c1ccc(N)c(NC2CCSCC2)n1. The molecule has 1 amide bonds. The van der Waals surface area contributed by atoms with E-state index in [2.05, 4.69) is 10.3 Å². The molecule has 1 aliphatic rings. The van der Waals surface area contributed by atoms with Gasteiger partial charge in [0, 0.05) is 6.04 Å². The normalized spacial score (nSPS) is 16.7. The van der Waals surface area contributed by atoms with Crippen LogP contribution in [-0.2, 0) is 0 Å². The van der Waals surface area contributed by atoms with Crippen LogP contribution in [0.25, 0.3) is 0 Å². The molecule has 1 aromatic heterocycles. The molecule has 0 radical (unpaired) electrons. The highest BCUT2D eigenvalue weighted by Crippen LogP contribution is 2.23.